The van der Waals surface area contributed by atoms with Crippen molar-refractivity contribution in [3.05, 3.63) is 61.0 Å². The highest BCUT2D eigenvalue weighted by molar-refractivity contribution is 7.18. The summed E-state index contributed by atoms with van der Waals surface area (Å²) in [6, 6.07) is 6.32. The molecule has 7 heteroatoms. The van der Waals surface area contributed by atoms with E-state index >= 15 is 0 Å². The molecule has 134 valence electrons. The molecule has 2 atom stereocenters. The van der Waals surface area contributed by atoms with E-state index in [9.17, 15) is 4.79 Å². The van der Waals surface area contributed by atoms with E-state index in [1.54, 1.807) is 34.0 Å². The molecule has 0 aromatic carbocycles. The van der Waals surface area contributed by atoms with Gasteiger partial charge in [-0.05, 0) is 42.3 Å². The van der Waals surface area contributed by atoms with Crippen LogP contribution < -0.4 is 10.5 Å². The molecule has 0 aliphatic rings. The van der Waals surface area contributed by atoms with Crippen LogP contribution in [0.4, 0.5) is 0 Å². The molecule has 1 unspecified atom stereocenters. The van der Waals surface area contributed by atoms with Crippen LogP contribution in [0, 0.1) is 6.92 Å². The van der Waals surface area contributed by atoms with E-state index in [1.807, 2.05) is 22.9 Å². The second kappa shape index (κ2) is 7.08. The minimum Gasteiger partial charge on any atom is -0.324 e. The van der Waals surface area contributed by atoms with E-state index in [0.717, 1.165) is 27.6 Å². The van der Waals surface area contributed by atoms with Crippen LogP contribution in [0.2, 0.25) is 0 Å². The summed E-state index contributed by atoms with van der Waals surface area (Å²) in [5, 5.41) is 6.91. The van der Waals surface area contributed by atoms with Crippen molar-refractivity contribution < 1.29 is 4.90 Å². The first kappa shape index (κ1) is 17.6. The molecule has 0 spiro atoms. The van der Waals surface area contributed by atoms with Gasteiger partial charge in [0, 0.05) is 15.8 Å². The monoisotopic (exact) mass is 402 g/mol. The van der Waals surface area contributed by atoms with Crippen molar-refractivity contribution in [1.29, 1.82) is 0 Å². The third-order valence-electron chi connectivity index (χ3n) is 4.81. The van der Waals surface area contributed by atoms with Gasteiger partial charge >= 0.3 is 0 Å². The van der Waals surface area contributed by atoms with Crippen LogP contribution in [-0.2, 0) is 6.54 Å². The molecule has 4 aromatic heterocycles. The summed E-state index contributed by atoms with van der Waals surface area (Å²) < 4.78 is 0. The third kappa shape index (κ3) is 3.16. The maximum absolute atomic E-state index is 12.8. The lowest BCUT2D eigenvalue weighted by Gasteiger charge is -2.20. The first-order valence-corrected chi connectivity index (χ1v) is 11.1. The van der Waals surface area contributed by atoms with E-state index in [0.29, 0.717) is 5.39 Å². The zero-order valence-corrected chi connectivity index (χ0v) is 17.3. The van der Waals surface area contributed by atoms with Crippen molar-refractivity contribution >= 4 is 44.2 Å². The fourth-order valence-corrected chi connectivity index (χ4v) is 5.78. The average molecular weight is 403 g/mol. The number of quaternary nitrogens is 1. The van der Waals surface area contributed by atoms with Crippen LogP contribution in [0.5, 0.6) is 0 Å². The number of hydrogen-bond acceptors (Lipinski definition) is 5. The van der Waals surface area contributed by atoms with Crippen LogP contribution in [-0.4, -0.2) is 17.0 Å². The van der Waals surface area contributed by atoms with Crippen molar-refractivity contribution in [3.8, 4) is 10.4 Å². The van der Waals surface area contributed by atoms with E-state index in [4.69, 9.17) is 4.98 Å². The lowest BCUT2D eigenvalue weighted by atomic mass is 10.2. The molecule has 0 saturated carbocycles. The molecule has 4 heterocycles. The average Bonchev–Trinajstić information content (AvgIpc) is 3.35. The Labute approximate surface area is 163 Å². The Kier molecular flexibility index (Phi) is 4.79. The normalized spacial score (nSPS) is 14.0. The van der Waals surface area contributed by atoms with Gasteiger partial charge in [0.1, 0.15) is 17.4 Å². The lowest BCUT2D eigenvalue weighted by molar-refractivity contribution is -0.924. The molecule has 2 N–H and O–H groups in total. The minimum absolute atomic E-state index is 0.0402. The van der Waals surface area contributed by atoms with E-state index in [1.165, 1.54) is 15.3 Å². The number of nitrogens with one attached hydrogen (secondary N) is 2. The van der Waals surface area contributed by atoms with Crippen LogP contribution in [0.15, 0.2) is 39.1 Å². The first-order valence-electron chi connectivity index (χ1n) is 8.45. The molecule has 4 aromatic rings. The van der Waals surface area contributed by atoms with Gasteiger partial charge in [0.05, 0.1) is 17.3 Å². The first-order chi connectivity index (χ1) is 12.5. The maximum atomic E-state index is 12.8. The number of aromatic nitrogens is 2. The van der Waals surface area contributed by atoms with E-state index in [2.05, 4.69) is 37.3 Å². The number of aryl methyl sites for hydroxylation is 1. The predicted octanol–water partition coefficient (Wildman–Crippen LogP) is 3.86. The molecular weight excluding hydrogens is 382 g/mol. The Balaban J connectivity index is 1.67. The summed E-state index contributed by atoms with van der Waals surface area (Å²) in [5.41, 5.74) is 2.28. The highest BCUT2D eigenvalue weighted by Crippen LogP contribution is 2.33. The number of rotatable bonds is 5. The second-order valence-corrected chi connectivity index (χ2v) is 9.34. The topological polar surface area (TPSA) is 50.2 Å². The number of thiophene rings is 3. The molecule has 0 bridgehead atoms. The molecule has 4 nitrogen and oxygen atoms in total. The second-order valence-electron chi connectivity index (χ2n) is 6.53. The Bertz CT molecular complexity index is 1090. The van der Waals surface area contributed by atoms with Crippen LogP contribution in [0.1, 0.15) is 29.2 Å². The zero-order chi connectivity index (χ0) is 18.3. The van der Waals surface area contributed by atoms with Crippen LogP contribution in [0.3, 0.4) is 0 Å². The Hall–Kier alpha value is -1.80. The summed E-state index contributed by atoms with van der Waals surface area (Å²) in [5.74, 6) is 0.758. The summed E-state index contributed by atoms with van der Waals surface area (Å²) in [7, 11) is 2.15. The van der Waals surface area contributed by atoms with Gasteiger partial charge in [-0.15, -0.1) is 34.0 Å². The fourth-order valence-electron chi connectivity index (χ4n) is 3.01. The standard InChI is InChI=1S/C19H19N3OS3/c1-11-6-8-25-15(11)9-22(3)12(2)17-20-18(23)16-13(10-26-19(16)21-17)14-5-4-7-24-14/h4-8,10,12H,9H2,1-3H3,(H,20,21,23)/p+1/t12-/m0/s1. The highest BCUT2D eigenvalue weighted by Gasteiger charge is 2.22. The number of hydrogen-bond donors (Lipinski definition) is 2. The number of fused-ring (bicyclic) bond motifs is 1. The summed E-state index contributed by atoms with van der Waals surface area (Å²) in [6.45, 7) is 5.20. The molecule has 4 rings (SSSR count). The van der Waals surface area contributed by atoms with Crippen molar-refractivity contribution in [2.45, 2.75) is 26.4 Å². The van der Waals surface area contributed by atoms with Gasteiger partial charge in [-0.3, -0.25) is 4.79 Å². The maximum Gasteiger partial charge on any atom is 0.260 e. The summed E-state index contributed by atoms with van der Waals surface area (Å²) >= 11 is 4.98. The molecule has 0 fully saturated rings. The van der Waals surface area contributed by atoms with Crippen molar-refractivity contribution in [3.63, 3.8) is 0 Å². The zero-order valence-electron chi connectivity index (χ0n) is 14.8. The summed E-state index contributed by atoms with van der Waals surface area (Å²) in [6.07, 6.45) is 0. The van der Waals surface area contributed by atoms with Gasteiger partial charge in [0.2, 0.25) is 0 Å². The Morgan fingerprint density at radius 2 is 2.08 bits per heavy atom. The molecule has 0 radical (unpaired) electrons. The molecule has 0 aliphatic heterocycles. The molecule has 0 amide bonds. The number of aromatic amines is 1. The Morgan fingerprint density at radius 3 is 2.77 bits per heavy atom. The lowest BCUT2D eigenvalue weighted by Crippen LogP contribution is -3.07. The van der Waals surface area contributed by atoms with Gasteiger partial charge < -0.3 is 9.88 Å². The molecular formula is C19H20N3OS3+. The smallest absolute Gasteiger partial charge is 0.260 e. The molecule has 0 aliphatic carbocycles. The van der Waals surface area contributed by atoms with Crippen LogP contribution in [0.25, 0.3) is 20.7 Å². The quantitative estimate of drug-likeness (QED) is 0.533. The third-order valence-corrected chi connectivity index (χ3v) is 7.60. The summed E-state index contributed by atoms with van der Waals surface area (Å²) in [4.78, 5) is 25.2. The van der Waals surface area contributed by atoms with Crippen molar-refractivity contribution in [1.82, 2.24) is 9.97 Å². The van der Waals surface area contributed by atoms with Gasteiger partial charge in [0.25, 0.3) is 5.56 Å². The number of H-pyrrole nitrogens is 1. The predicted molar refractivity (Wildman–Crippen MR) is 112 cm³/mol. The number of nitrogens with zero attached hydrogens (tertiary/aromatic N) is 1. The SMILES string of the molecule is Cc1ccsc1C[NH+](C)[C@@H](C)c1nc2scc(-c3cccs3)c2c(=O)[nH]1. The van der Waals surface area contributed by atoms with Gasteiger partial charge in [-0.2, -0.15) is 0 Å². The van der Waals surface area contributed by atoms with Gasteiger partial charge in [-0.1, -0.05) is 6.07 Å². The minimum atomic E-state index is -0.0402. The largest absolute Gasteiger partial charge is 0.324 e. The molecule has 26 heavy (non-hydrogen) atoms. The van der Waals surface area contributed by atoms with Crippen molar-refractivity contribution in [2.24, 2.45) is 0 Å². The van der Waals surface area contributed by atoms with Gasteiger partial charge in [0.15, 0.2) is 5.82 Å². The van der Waals surface area contributed by atoms with Gasteiger partial charge in [-0.25, -0.2) is 4.98 Å². The molecule has 0 saturated heterocycles. The highest BCUT2D eigenvalue weighted by atomic mass is 32.1. The van der Waals surface area contributed by atoms with E-state index < -0.39 is 0 Å². The van der Waals surface area contributed by atoms with Crippen LogP contribution >= 0.6 is 34.0 Å². The van der Waals surface area contributed by atoms with Crippen molar-refractivity contribution in [2.75, 3.05) is 7.05 Å². The van der Waals surface area contributed by atoms with E-state index in [-0.39, 0.29) is 11.6 Å². The Morgan fingerprint density at radius 1 is 1.23 bits per heavy atom. The fraction of sp³-hybridized carbons (Fsp3) is 0.263.